The van der Waals surface area contributed by atoms with Gasteiger partial charge in [-0.3, -0.25) is 0 Å². The van der Waals surface area contributed by atoms with Crippen LogP contribution < -0.4 is 0 Å². The van der Waals surface area contributed by atoms with Gasteiger partial charge < -0.3 is 18.0 Å². The summed E-state index contributed by atoms with van der Waals surface area (Å²) in [5, 5.41) is 0. The lowest BCUT2D eigenvalue weighted by atomic mass is 10.3. The van der Waals surface area contributed by atoms with Crippen molar-refractivity contribution in [2.24, 2.45) is 0 Å². The molecule has 0 N–H and O–H groups in total. The van der Waals surface area contributed by atoms with Crippen molar-refractivity contribution >= 4 is 14.8 Å². The number of hydrogen-bond donors (Lipinski definition) is 0. The highest BCUT2D eigenvalue weighted by Gasteiger charge is 2.44. The summed E-state index contributed by atoms with van der Waals surface area (Å²) < 4.78 is 21.0. The molecule has 0 fully saturated rings. The lowest BCUT2D eigenvalue weighted by Gasteiger charge is -2.29. The van der Waals surface area contributed by atoms with Crippen LogP contribution in [0.5, 0.6) is 0 Å². The summed E-state index contributed by atoms with van der Waals surface area (Å²) in [4.78, 5) is 11.2. The van der Waals surface area contributed by atoms with Crippen LogP contribution in [0.25, 0.3) is 0 Å². The Labute approximate surface area is 104 Å². The standard InChI is InChI=1S/C11H22O5Si/c1-9(2)11(12)16-8-7-10(3)17(13-4,14-5)15-6/h10H,1,7-8H2,2-6H3. The number of ether oxygens (including phenoxy) is 1. The van der Waals surface area contributed by atoms with Gasteiger partial charge in [0.05, 0.1) is 6.61 Å². The second-order valence-electron chi connectivity index (χ2n) is 3.82. The Bertz CT molecular complexity index is 254. The maximum Gasteiger partial charge on any atom is 0.503 e. The molecule has 0 saturated carbocycles. The average Bonchev–Trinajstić information content (AvgIpc) is 2.31. The van der Waals surface area contributed by atoms with Crippen molar-refractivity contribution < 1.29 is 22.8 Å². The molecule has 0 radical (unpaired) electrons. The number of hydrogen-bond acceptors (Lipinski definition) is 5. The molecular formula is C11H22O5Si. The van der Waals surface area contributed by atoms with E-state index >= 15 is 0 Å². The second-order valence-corrected chi connectivity index (χ2v) is 7.24. The van der Waals surface area contributed by atoms with Crippen LogP contribution >= 0.6 is 0 Å². The zero-order chi connectivity index (χ0) is 13.5. The molecule has 5 nitrogen and oxygen atoms in total. The summed E-state index contributed by atoms with van der Waals surface area (Å²) >= 11 is 0. The fourth-order valence-electron chi connectivity index (χ4n) is 1.48. The largest absolute Gasteiger partial charge is 0.503 e. The SMILES string of the molecule is C=C(C)C(=O)OCCC(C)[Si](OC)(OC)OC. The highest BCUT2D eigenvalue weighted by molar-refractivity contribution is 6.62. The van der Waals surface area contributed by atoms with E-state index in [1.54, 1.807) is 28.3 Å². The summed E-state index contributed by atoms with van der Waals surface area (Å²) in [7, 11) is 2.06. The van der Waals surface area contributed by atoms with Gasteiger partial charge in [0.15, 0.2) is 0 Å². The van der Waals surface area contributed by atoms with E-state index < -0.39 is 8.80 Å². The highest BCUT2D eigenvalue weighted by atomic mass is 28.4. The van der Waals surface area contributed by atoms with Gasteiger partial charge in [-0.15, -0.1) is 0 Å². The molecule has 0 bridgehead atoms. The molecule has 0 saturated heterocycles. The van der Waals surface area contributed by atoms with Gasteiger partial charge in [0.25, 0.3) is 0 Å². The van der Waals surface area contributed by atoms with Gasteiger partial charge in [0.2, 0.25) is 0 Å². The molecule has 0 spiro atoms. The van der Waals surface area contributed by atoms with Crippen LogP contribution in [0.2, 0.25) is 5.54 Å². The summed E-state index contributed by atoms with van der Waals surface area (Å²) in [6.45, 7) is 7.38. The molecule has 0 aliphatic carbocycles. The Kier molecular flexibility index (Phi) is 7.29. The Morgan fingerprint density at radius 2 is 1.71 bits per heavy atom. The smallest absolute Gasteiger partial charge is 0.462 e. The normalized spacial score (nSPS) is 13.2. The molecule has 0 rings (SSSR count). The van der Waals surface area contributed by atoms with Crippen LogP contribution in [0.15, 0.2) is 12.2 Å². The third kappa shape index (κ3) is 4.59. The van der Waals surface area contributed by atoms with Crippen LogP contribution in [-0.4, -0.2) is 42.7 Å². The highest BCUT2D eigenvalue weighted by Crippen LogP contribution is 2.26. The van der Waals surface area contributed by atoms with Crippen molar-refractivity contribution in [3.8, 4) is 0 Å². The zero-order valence-electron chi connectivity index (χ0n) is 11.2. The summed E-state index contributed by atoms with van der Waals surface area (Å²) in [5.74, 6) is -0.378. The van der Waals surface area contributed by atoms with Crippen LogP contribution in [-0.2, 0) is 22.8 Å². The van der Waals surface area contributed by atoms with E-state index in [1.165, 1.54) is 0 Å². The van der Waals surface area contributed by atoms with Crippen molar-refractivity contribution in [2.45, 2.75) is 25.8 Å². The van der Waals surface area contributed by atoms with E-state index in [2.05, 4.69) is 6.58 Å². The second kappa shape index (κ2) is 7.60. The molecule has 0 aromatic carbocycles. The molecule has 100 valence electrons. The molecule has 0 aliphatic rings. The Morgan fingerprint density at radius 3 is 2.06 bits per heavy atom. The lowest BCUT2D eigenvalue weighted by molar-refractivity contribution is -0.139. The molecule has 0 aliphatic heterocycles. The molecule has 0 amide bonds. The number of carbonyl (C=O) groups excluding carboxylic acids is 1. The zero-order valence-corrected chi connectivity index (χ0v) is 12.2. The number of carbonyl (C=O) groups is 1. The third-order valence-corrected chi connectivity index (χ3v) is 5.79. The van der Waals surface area contributed by atoms with Crippen LogP contribution in [0.3, 0.4) is 0 Å². The Balaban J connectivity index is 4.20. The molecular weight excluding hydrogens is 240 g/mol. The fraction of sp³-hybridized carbons (Fsp3) is 0.727. The minimum Gasteiger partial charge on any atom is -0.462 e. The van der Waals surface area contributed by atoms with Crippen LogP contribution in [0.1, 0.15) is 20.3 Å². The van der Waals surface area contributed by atoms with Gasteiger partial charge >= 0.3 is 14.8 Å². The molecule has 17 heavy (non-hydrogen) atoms. The van der Waals surface area contributed by atoms with Crippen molar-refractivity contribution in [3.63, 3.8) is 0 Å². The van der Waals surface area contributed by atoms with Crippen LogP contribution in [0.4, 0.5) is 0 Å². The van der Waals surface area contributed by atoms with Crippen molar-refractivity contribution in [2.75, 3.05) is 27.9 Å². The van der Waals surface area contributed by atoms with Gasteiger partial charge in [-0.1, -0.05) is 13.5 Å². The molecule has 0 heterocycles. The van der Waals surface area contributed by atoms with Crippen molar-refractivity contribution in [3.05, 3.63) is 12.2 Å². The predicted octanol–water partition coefficient (Wildman–Crippen LogP) is 1.76. The van der Waals surface area contributed by atoms with E-state index in [-0.39, 0.29) is 11.5 Å². The predicted molar refractivity (Wildman–Crippen MR) is 66.6 cm³/mol. The summed E-state index contributed by atoms with van der Waals surface area (Å²) in [5.41, 5.74) is 0.451. The minimum atomic E-state index is -2.63. The van der Waals surface area contributed by atoms with Crippen LogP contribution in [0, 0.1) is 0 Å². The third-order valence-electron chi connectivity index (χ3n) is 2.59. The monoisotopic (exact) mass is 262 g/mol. The first-order valence-electron chi connectivity index (χ1n) is 5.41. The van der Waals surface area contributed by atoms with Gasteiger partial charge in [-0.2, -0.15) is 0 Å². The maximum atomic E-state index is 11.2. The van der Waals surface area contributed by atoms with Crippen molar-refractivity contribution in [1.82, 2.24) is 0 Å². The van der Waals surface area contributed by atoms with E-state index in [0.717, 1.165) is 0 Å². The number of esters is 1. The quantitative estimate of drug-likeness (QED) is 0.379. The minimum absolute atomic E-state index is 0.0559. The van der Waals surface area contributed by atoms with E-state index in [9.17, 15) is 4.79 Å². The fourth-order valence-corrected chi connectivity index (χ4v) is 3.66. The Hall–Kier alpha value is -0.693. The first-order valence-corrected chi connectivity index (χ1v) is 7.21. The first kappa shape index (κ1) is 16.3. The first-order chi connectivity index (χ1) is 7.93. The Morgan fingerprint density at radius 1 is 1.24 bits per heavy atom. The average molecular weight is 262 g/mol. The van der Waals surface area contributed by atoms with Gasteiger partial charge in [-0.25, -0.2) is 4.79 Å². The number of rotatable bonds is 8. The summed E-state index contributed by atoms with van der Waals surface area (Å²) in [6, 6.07) is 0. The molecule has 1 atom stereocenters. The summed E-state index contributed by atoms with van der Waals surface area (Å²) in [6.07, 6.45) is 0.626. The molecule has 6 heteroatoms. The maximum absolute atomic E-state index is 11.2. The van der Waals surface area contributed by atoms with Gasteiger partial charge in [-0.05, 0) is 13.3 Å². The van der Waals surface area contributed by atoms with Gasteiger partial charge in [0.1, 0.15) is 0 Å². The van der Waals surface area contributed by atoms with E-state index in [4.69, 9.17) is 18.0 Å². The van der Waals surface area contributed by atoms with E-state index in [0.29, 0.717) is 18.6 Å². The van der Waals surface area contributed by atoms with Gasteiger partial charge in [0, 0.05) is 32.4 Å². The lowest BCUT2D eigenvalue weighted by Crippen LogP contribution is -2.47. The molecule has 1 unspecified atom stereocenters. The topological polar surface area (TPSA) is 54.0 Å². The van der Waals surface area contributed by atoms with Crippen molar-refractivity contribution in [1.29, 1.82) is 0 Å². The molecule has 0 aromatic rings. The van der Waals surface area contributed by atoms with E-state index in [1.807, 2.05) is 6.92 Å². The molecule has 0 aromatic heterocycles.